The van der Waals surface area contributed by atoms with Crippen LogP contribution >= 0.6 is 0 Å². The third-order valence-electron chi connectivity index (χ3n) is 9.68. The number of carbonyl (C=O) groups excluding carboxylic acids is 5. The van der Waals surface area contributed by atoms with Crippen LogP contribution in [0.2, 0.25) is 0 Å². The summed E-state index contributed by atoms with van der Waals surface area (Å²) in [7, 11) is 4.35. The topological polar surface area (TPSA) is 143 Å². The number of methoxy groups -OCH3 is 2. The van der Waals surface area contributed by atoms with E-state index in [4.69, 9.17) is 14.2 Å². The summed E-state index contributed by atoms with van der Waals surface area (Å²) in [5.41, 5.74) is 0.661. The molecule has 12 heteroatoms. The van der Waals surface area contributed by atoms with Crippen molar-refractivity contribution in [2.45, 2.75) is 56.9 Å². The summed E-state index contributed by atoms with van der Waals surface area (Å²) in [6, 6.07) is 3.40. The number of fused-ring (bicyclic) bond motifs is 5. The summed E-state index contributed by atoms with van der Waals surface area (Å²) in [5, 5.41) is 10.6. The summed E-state index contributed by atoms with van der Waals surface area (Å²) in [6.07, 6.45) is 0.0424. The highest BCUT2D eigenvalue weighted by Gasteiger charge is 2.60. The molecule has 1 aromatic rings. The lowest BCUT2D eigenvalue weighted by Gasteiger charge is -2.60. The number of nitrogens with zero attached hydrogens (tertiary/aromatic N) is 3. The minimum Gasteiger partial charge on any atom is -0.492 e. The Morgan fingerprint density at radius 1 is 0.911 bits per heavy atom. The summed E-state index contributed by atoms with van der Waals surface area (Å²) < 4.78 is 30.7. The fourth-order valence-corrected chi connectivity index (χ4v) is 7.64. The SMILES string of the molecule is COC1=C(C)C(=O)C2=C(C1=O)[C@H]1[C@@H]3CC4=C(C(=O)C(OC)=C(C)C4=O)[C@H](COC(=O)c4ccccc4F)N3[C@@H](C#N)[C@H](C2)N1C. The van der Waals surface area contributed by atoms with E-state index in [0.717, 1.165) is 6.07 Å². The van der Waals surface area contributed by atoms with E-state index < -0.39 is 66.0 Å². The zero-order valence-electron chi connectivity index (χ0n) is 25.3. The molecule has 0 spiro atoms. The Labute approximate surface area is 258 Å². The summed E-state index contributed by atoms with van der Waals surface area (Å²) in [6.45, 7) is 2.50. The molecule has 232 valence electrons. The van der Waals surface area contributed by atoms with Gasteiger partial charge >= 0.3 is 5.97 Å². The predicted molar refractivity (Wildman–Crippen MR) is 154 cm³/mol. The maximum atomic E-state index is 14.5. The van der Waals surface area contributed by atoms with E-state index in [9.17, 15) is 33.6 Å². The maximum absolute atomic E-state index is 14.5. The number of ether oxygens (including phenoxy) is 3. The molecule has 2 aliphatic carbocycles. The van der Waals surface area contributed by atoms with E-state index >= 15 is 0 Å². The summed E-state index contributed by atoms with van der Waals surface area (Å²) in [4.78, 5) is 71.7. The molecule has 0 N–H and O–H groups in total. The number of benzene rings is 1. The number of hydrogen-bond acceptors (Lipinski definition) is 11. The van der Waals surface area contributed by atoms with Crippen molar-refractivity contribution >= 4 is 29.1 Å². The number of Topliss-reactive ketones (excluding diaryl/α,β-unsaturated/α-hetero) is 4. The molecule has 11 nitrogen and oxygen atoms in total. The van der Waals surface area contributed by atoms with Crippen molar-refractivity contribution in [1.82, 2.24) is 9.80 Å². The molecule has 6 rings (SSSR count). The van der Waals surface area contributed by atoms with Crippen LogP contribution in [0.3, 0.4) is 0 Å². The minimum atomic E-state index is -1.12. The number of allylic oxidation sites excluding steroid dienone is 4. The number of hydrogen-bond donors (Lipinski definition) is 0. The number of rotatable bonds is 5. The number of ketones is 4. The average molecular weight is 616 g/mol. The van der Waals surface area contributed by atoms with E-state index in [1.54, 1.807) is 11.9 Å². The first-order chi connectivity index (χ1) is 21.5. The molecule has 0 amide bonds. The molecule has 0 saturated carbocycles. The Kier molecular flexibility index (Phi) is 7.42. The molecular formula is C33H30FN3O8. The van der Waals surface area contributed by atoms with Gasteiger partial charge in [0.05, 0.1) is 37.9 Å². The van der Waals surface area contributed by atoms with Crippen molar-refractivity contribution in [3.63, 3.8) is 0 Å². The van der Waals surface area contributed by atoms with Crippen molar-refractivity contribution in [3.05, 3.63) is 80.6 Å². The largest absolute Gasteiger partial charge is 0.492 e. The van der Waals surface area contributed by atoms with E-state index in [0.29, 0.717) is 5.57 Å². The van der Waals surface area contributed by atoms with E-state index in [2.05, 4.69) is 6.07 Å². The van der Waals surface area contributed by atoms with Crippen LogP contribution in [-0.2, 0) is 33.4 Å². The second-order valence-electron chi connectivity index (χ2n) is 11.7. The number of piperazine rings is 1. The molecule has 0 aromatic heterocycles. The first-order valence-electron chi connectivity index (χ1n) is 14.4. The highest BCUT2D eigenvalue weighted by atomic mass is 19.1. The zero-order chi connectivity index (χ0) is 32.5. The highest BCUT2D eigenvalue weighted by Crippen LogP contribution is 2.49. The Balaban J connectivity index is 1.51. The lowest BCUT2D eigenvalue weighted by atomic mass is 9.67. The van der Waals surface area contributed by atoms with Gasteiger partial charge in [0.15, 0.2) is 23.1 Å². The van der Waals surface area contributed by atoms with Gasteiger partial charge in [0.2, 0.25) is 11.6 Å². The Bertz CT molecular complexity index is 1780. The average Bonchev–Trinajstić information content (AvgIpc) is 3.02. The first-order valence-corrected chi connectivity index (χ1v) is 14.4. The van der Waals surface area contributed by atoms with Gasteiger partial charge in [0.25, 0.3) is 0 Å². The van der Waals surface area contributed by atoms with Gasteiger partial charge in [-0.15, -0.1) is 0 Å². The molecule has 5 atom stereocenters. The highest BCUT2D eigenvalue weighted by molar-refractivity contribution is 6.26. The molecular weight excluding hydrogens is 585 g/mol. The fourth-order valence-electron chi connectivity index (χ4n) is 7.64. The molecule has 0 unspecified atom stereocenters. The summed E-state index contributed by atoms with van der Waals surface area (Å²) in [5.74, 6) is -3.85. The van der Waals surface area contributed by atoms with Crippen molar-refractivity contribution < 1.29 is 42.6 Å². The van der Waals surface area contributed by atoms with Crippen LogP contribution in [0.25, 0.3) is 0 Å². The fraction of sp³-hybridized carbons (Fsp3) is 0.394. The third kappa shape index (κ3) is 4.25. The van der Waals surface area contributed by atoms with Crippen LogP contribution in [0, 0.1) is 17.1 Å². The van der Waals surface area contributed by atoms with E-state index in [-0.39, 0.29) is 63.6 Å². The predicted octanol–water partition coefficient (Wildman–Crippen LogP) is 2.14. The summed E-state index contributed by atoms with van der Waals surface area (Å²) >= 11 is 0. The number of halogens is 1. The van der Waals surface area contributed by atoms with Crippen molar-refractivity contribution in [2.24, 2.45) is 0 Å². The smallest absolute Gasteiger partial charge is 0.341 e. The van der Waals surface area contributed by atoms with E-state index in [1.165, 1.54) is 46.3 Å². The number of nitriles is 1. The molecule has 2 bridgehead atoms. The van der Waals surface area contributed by atoms with Crippen LogP contribution in [0.15, 0.2) is 69.2 Å². The van der Waals surface area contributed by atoms with Crippen LogP contribution in [0.5, 0.6) is 0 Å². The van der Waals surface area contributed by atoms with Crippen molar-refractivity contribution in [1.29, 1.82) is 5.26 Å². The van der Waals surface area contributed by atoms with Gasteiger partial charge in [0, 0.05) is 45.5 Å². The second-order valence-corrected chi connectivity index (χ2v) is 11.7. The van der Waals surface area contributed by atoms with Gasteiger partial charge < -0.3 is 14.2 Å². The van der Waals surface area contributed by atoms with Gasteiger partial charge in [-0.05, 0) is 45.9 Å². The number of likely N-dealkylation sites (N-methyl/N-ethyl adjacent to an activating group) is 1. The second kappa shape index (κ2) is 11.0. The van der Waals surface area contributed by atoms with Crippen molar-refractivity contribution in [2.75, 3.05) is 27.9 Å². The first kappa shape index (κ1) is 30.3. The van der Waals surface area contributed by atoms with Gasteiger partial charge in [-0.3, -0.25) is 29.0 Å². The lowest BCUT2D eigenvalue weighted by molar-refractivity contribution is -0.126. The zero-order valence-corrected chi connectivity index (χ0v) is 25.3. The van der Waals surface area contributed by atoms with Gasteiger partial charge in [-0.2, -0.15) is 5.26 Å². The monoisotopic (exact) mass is 615 g/mol. The molecule has 5 aliphatic rings. The molecule has 1 fully saturated rings. The Hall–Kier alpha value is -4.73. The number of carbonyl (C=O) groups is 5. The normalized spacial score (nSPS) is 28.5. The van der Waals surface area contributed by atoms with Gasteiger partial charge in [-0.1, -0.05) is 12.1 Å². The number of esters is 1. The quantitative estimate of drug-likeness (QED) is 0.355. The Morgan fingerprint density at radius 2 is 1.47 bits per heavy atom. The standard InChI is InChI=1S/C33H30FN3O8/c1-14-27(38)17-11-21-26-25-18(28(39)15(2)32(44-5)30(25)41)10-20(36(26)3)22(12-35)37(21)23(24(17)29(40)31(14)43-4)13-45-33(42)16-8-6-7-9-19(16)34/h6-9,20-23,26H,10-11,13H2,1-5H3/t20-,21-,22-,23-,26+/m0/s1. The molecule has 0 radical (unpaired) electrons. The lowest BCUT2D eigenvalue weighted by Crippen LogP contribution is -2.74. The molecule has 3 aliphatic heterocycles. The maximum Gasteiger partial charge on any atom is 0.341 e. The molecule has 45 heavy (non-hydrogen) atoms. The Morgan fingerprint density at radius 3 is 2.04 bits per heavy atom. The van der Waals surface area contributed by atoms with Crippen LogP contribution < -0.4 is 0 Å². The molecule has 1 saturated heterocycles. The van der Waals surface area contributed by atoms with Crippen LogP contribution in [0.4, 0.5) is 4.39 Å². The third-order valence-corrected chi connectivity index (χ3v) is 9.68. The van der Waals surface area contributed by atoms with Gasteiger partial charge in [0.1, 0.15) is 18.5 Å². The minimum absolute atomic E-state index is 0.0245. The van der Waals surface area contributed by atoms with Crippen LogP contribution in [-0.4, -0.2) is 97.0 Å². The van der Waals surface area contributed by atoms with Crippen molar-refractivity contribution in [3.8, 4) is 6.07 Å². The van der Waals surface area contributed by atoms with E-state index in [1.807, 2.05) is 4.90 Å². The molecule has 1 aromatic carbocycles. The molecule has 3 heterocycles. The van der Waals surface area contributed by atoms with Crippen LogP contribution in [0.1, 0.15) is 37.0 Å². The van der Waals surface area contributed by atoms with Gasteiger partial charge in [-0.25, -0.2) is 9.18 Å².